The Morgan fingerprint density at radius 3 is 2.14 bits per heavy atom. The van der Waals surface area contributed by atoms with Crippen LogP contribution in [0.15, 0.2) is 102 Å². The number of piperidine rings is 1. The number of fused-ring (bicyclic) bond motifs is 1. The van der Waals surface area contributed by atoms with Crippen LogP contribution in [0.1, 0.15) is 22.7 Å². The molecule has 2 aliphatic heterocycles. The quantitative estimate of drug-likeness (QED) is 0.422. The molecule has 2 heterocycles. The summed E-state index contributed by atoms with van der Waals surface area (Å²) in [4.78, 5) is 2.36. The number of hydrogen-bond donors (Lipinski definition) is 0. The molecule has 0 amide bonds. The van der Waals surface area contributed by atoms with E-state index < -0.39 is 18.8 Å². The number of nitrogens with zero attached hydrogens (tertiary/aromatic N) is 3. The topological polar surface area (TPSA) is 18.8 Å². The molecule has 2 unspecified atom stereocenters. The van der Waals surface area contributed by atoms with Crippen molar-refractivity contribution in [2.45, 2.75) is 18.6 Å². The molecule has 5 rings (SSSR count). The van der Waals surface area contributed by atoms with Gasteiger partial charge >= 0.3 is 6.18 Å². The van der Waals surface area contributed by atoms with E-state index in [1.54, 1.807) is 0 Å². The van der Waals surface area contributed by atoms with Crippen molar-refractivity contribution in [1.29, 1.82) is 0 Å². The van der Waals surface area contributed by atoms with Crippen molar-refractivity contribution in [3.63, 3.8) is 0 Å². The summed E-state index contributed by atoms with van der Waals surface area (Å²) in [5.74, 6) is -0.140. The predicted molar refractivity (Wildman–Crippen MR) is 134 cm³/mol. The summed E-state index contributed by atoms with van der Waals surface area (Å²) in [6.07, 6.45) is -1.36. The monoisotopic (exact) mass is 475 g/mol. The maximum atomic E-state index is 13.6. The van der Waals surface area contributed by atoms with Gasteiger partial charge < -0.3 is 0 Å². The van der Waals surface area contributed by atoms with Gasteiger partial charge in [-0.3, -0.25) is 9.91 Å². The van der Waals surface area contributed by atoms with Gasteiger partial charge in [-0.2, -0.15) is 18.3 Å². The molecule has 2 aliphatic rings. The van der Waals surface area contributed by atoms with E-state index in [4.69, 9.17) is 0 Å². The fourth-order valence-electron chi connectivity index (χ4n) is 5.13. The lowest BCUT2D eigenvalue weighted by atomic mass is 9.83. The van der Waals surface area contributed by atoms with Crippen molar-refractivity contribution in [2.24, 2.45) is 11.0 Å². The molecule has 0 bridgehead atoms. The smallest absolute Gasteiger partial charge is 0.298 e. The van der Waals surface area contributed by atoms with Crippen LogP contribution in [0.25, 0.3) is 6.08 Å². The summed E-state index contributed by atoms with van der Waals surface area (Å²) in [6, 6.07) is 29.3. The van der Waals surface area contributed by atoms with Crippen LogP contribution >= 0.6 is 0 Å². The highest BCUT2D eigenvalue weighted by atomic mass is 19.4. The second-order valence-electron chi connectivity index (χ2n) is 9.21. The van der Waals surface area contributed by atoms with Gasteiger partial charge in [-0.25, -0.2) is 0 Å². The SMILES string of the molecule is FC(F)(F)CN1N=C2/C(=C/c3ccccc3)CN(CCc3ccccc3)CC2C1c1ccccc1. The highest BCUT2D eigenvalue weighted by molar-refractivity contribution is 6.07. The maximum absolute atomic E-state index is 13.6. The fourth-order valence-corrected chi connectivity index (χ4v) is 5.13. The van der Waals surface area contributed by atoms with E-state index in [0.717, 1.165) is 35.4 Å². The molecule has 0 N–H and O–H groups in total. The van der Waals surface area contributed by atoms with Gasteiger partial charge in [0.1, 0.15) is 6.54 Å². The van der Waals surface area contributed by atoms with E-state index >= 15 is 0 Å². The Balaban J connectivity index is 1.50. The van der Waals surface area contributed by atoms with Gasteiger partial charge in [-0.1, -0.05) is 91.0 Å². The average molecular weight is 476 g/mol. The number of likely N-dealkylation sites (tertiary alicyclic amines) is 1. The van der Waals surface area contributed by atoms with Crippen molar-refractivity contribution in [1.82, 2.24) is 9.91 Å². The summed E-state index contributed by atoms with van der Waals surface area (Å²) >= 11 is 0. The molecule has 0 aromatic heterocycles. The van der Waals surface area contributed by atoms with E-state index in [1.165, 1.54) is 10.6 Å². The van der Waals surface area contributed by atoms with E-state index in [1.807, 2.05) is 78.9 Å². The van der Waals surface area contributed by atoms with Crippen LogP contribution in [0.2, 0.25) is 0 Å². The number of benzene rings is 3. The van der Waals surface area contributed by atoms with Crippen LogP contribution in [0.5, 0.6) is 0 Å². The molecule has 35 heavy (non-hydrogen) atoms. The largest absolute Gasteiger partial charge is 0.407 e. The molecular formula is C29H28F3N3. The normalized spacial score (nSPS) is 21.7. The number of halogens is 3. The van der Waals surface area contributed by atoms with Crippen molar-refractivity contribution in [3.8, 4) is 0 Å². The maximum Gasteiger partial charge on any atom is 0.407 e. The highest BCUT2D eigenvalue weighted by Gasteiger charge is 2.46. The first-order valence-corrected chi connectivity index (χ1v) is 12.0. The minimum absolute atomic E-state index is 0.140. The van der Waals surface area contributed by atoms with Crippen LogP contribution in [-0.2, 0) is 6.42 Å². The van der Waals surface area contributed by atoms with Crippen molar-refractivity contribution >= 4 is 11.8 Å². The van der Waals surface area contributed by atoms with Crippen LogP contribution in [-0.4, -0.2) is 48.0 Å². The second kappa shape index (κ2) is 10.1. The highest BCUT2D eigenvalue weighted by Crippen LogP contribution is 2.42. The lowest BCUT2D eigenvalue weighted by Gasteiger charge is -2.36. The van der Waals surface area contributed by atoms with Gasteiger partial charge in [0.05, 0.1) is 11.8 Å². The third-order valence-corrected chi connectivity index (χ3v) is 6.65. The molecule has 6 heteroatoms. The van der Waals surface area contributed by atoms with E-state index in [-0.39, 0.29) is 5.92 Å². The van der Waals surface area contributed by atoms with Crippen LogP contribution in [0.3, 0.4) is 0 Å². The van der Waals surface area contributed by atoms with Crippen LogP contribution in [0, 0.1) is 5.92 Å². The number of hydrogen-bond acceptors (Lipinski definition) is 3. The number of rotatable bonds is 6. The Bertz CT molecular complexity index is 1170. The lowest BCUT2D eigenvalue weighted by Crippen LogP contribution is -2.45. The van der Waals surface area contributed by atoms with Crippen molar-refractivity contribution < 1.29 is 13.2 Å². The predicted octanol–water partition coefficient (Wildman–Crippen LogP) is 6.22. The Kier molecular flexibility index (Phi) is 6.73. The van der Waals surface area contributed by atoms with Crippen LogP contribution in [0.4, 0.5) is 13.2 Å². The molecule has 1 saturated heterocycles. The summed E-state index contributed by atoms with van der Waals surface area (Å²) in [5.41, 5.74) is 4.92. The van der Waals surface area contributed by atoms with Gasteiger partial charge in [0, 0.05) is 25.6 Å². The molecule has 2 atom stereocenters. The van der Waals surface area contributed by atoms with Gasteiger partial charge in [-0.15, -0.1) is 0 Å². The molecule has 3 nitrogen and oxygen atoms in total. The minimum Gasteiger partial charge on any atom is -0.298 e. The van der Waals surface area contributed by atoms with Crippen molar-refractivity contribution in [2.75, 3.05) is 26.2 Å². The zero-order valence-corrected chi connectivity index (χ0v) is 19.4. The molecule has 0 aliphatic carbocycles. The first-order chi connectivity index (χ1) is 17.0. The molecule has 3 aromatic rings. The number of alkyl halides is 3. The first-order valence-electron chi connectivity index (χ1n) is 12.0. The van der Waals surface area contributed by atoms with Crippen molar-refractivity contribution in [3.05, 3.63) is 113 Å². The zero-order valence-electron chi connectivity index (χ0n) is 19.4. The van der Waals surface area contributed by atoms with Gasteiger partial charge in [0.15, 0.2) is 0 Å². The average Bonchev–Trinajstić information content (AvgIpc) is 3.21. The Labute approximate surface area is 204 Å². The van der Waals surface area contributed by atoms with Gasteiger partial charge in [0.25, 0.3) is 0 Å². The Hall–Kier alpha value is -3.38. The van der Waals surface area contributed by atoms with Gasteiger partial charge in [-0.05, 0) is 34.8 Å². The summed E-state index contributed by atoms with van der Waals surface area (Å²) in [7, 11) is 0. The Morgan fingerprint density at radius 2 is 1.49 bits per heavy atom. The summed E-state index contributed by atoms with van der Waals surface area (Å²) < 4.78 is 40.7. The molecule has 0 radical (unpaired) electrons. The molecule has 3 aromatic carbocycles. The molecular weight excluding hydrogens is 447 g/mol. The van der Waals surface area contributed by atoms with E-state index in [0.29, 0.717) is 13.1 Å². The molecule has 1 fully saturated rings. The minimum atomic E-state index is -4.33. The molecule has 0 saturated carbocycles. The third-order valence-electron chi connectivity index (χ3n) is 6.65. The van der Waals surface area contributed by atoms with Gasteiger partial charge in [0.2, 0.25) is 0 Å². The Morgan fingerprint density at radius 1 is 0.857 bits per heavy atom. The molecule has 0 spiro atoms. The van der Waals surface area contributed by atoms with E-state index in [9.17, 15) is 13.2 Å². The second-order valence-corrected chi connectivity index (χ2v) is 9.21. The third kappa shape index (κ3) is 5.65. The number of hydrazone groups is 1. The first kappa shape index (κ1) is 23.4. The zero-order chi connectivity index (χ0) is 24.3. The van der Waals surface area contributed by atoms with Crippen LogP contribution < -0.4 is 0 Å². The molecule has 180 valence electrons. The van der Waals surface area contributed by atoms with E-state index in [2.05, 4.69) is 28.2 Å². The summed E-state index contributed by atoms with van der Waals surface area (Å²) in [5, 5.41) is 5.88. The lowest BCUT2D eigenvalue weighted by molar-refractivity contribution is -0.150. The summed E-state index contributed by atoms with van der Waals surface area (Å²) in [6.45, 7) is 1.11. The fraction of sp³-hybridized carbons (Fsp3) is 0.276. The standard InChI is InChI=1S/C29H28F3N3/c30-29(31,32)21-35-28(24-14-8-3-9-15-24)26-20-34(17-16-22-10-4-1-5-11-22)19-25(27(26)33-35)18-23-12-6-2-7-13-23/h1-15,18,26,28H,16-17,19-21H2/b25-18+.